The van der Waals surface area contributed by atoms with Crippen LogP contribution < -0.4 is 16.0 Å². The third-order valence-electron chi connectivity index (χ3n) is 9.98. The number of carbonyl (C=O) groups excluding carboxylic acids is 5. The van der Waals surface area contributed by atoms with E-state index in [9.17, 15) is 24.0 Å². The first-order valence-corrected chi connectivity index (χ1v) is 16.7. The number of piperidine rings is 1. The topological polar surface area (TPSA) is 134 Å². The zero-order valence-electron chi connectivity index (χ0n) is 28.3. The van der Waals surface area contributed by atoms with E-state index in [1.807, 2.05) is 61.5 Å². The highest BCUT2D eigenvalue weighted by Gasteiger charge is 2.69. The van der Waals surface area contributed by atoms with Crippen LogP contribution in [0.2, 0.25) is 0 Å². The predicted molar refractivity (Wildman–Crippen MR) is 177 cm³/mol. The Morgan fingerprint density at radius 3 is 2.15 bits per heavy atom. The Balaban J connectivity index is 1.34. The number of amides is 4. The Morgan fingerprint density at radius 2 is 1.55 bits per heavy atom. The molecule has 3 aliphatic rings. The van der Waals surface area contributed by atoms with Crippen LogP contribution in [0.1, 0.15) is 71.1 Å². The number of nitrogens with one attached hydrogen (secondary N) is 3. The molecule has 2 fully saturated rings. The molecule has 3 N–H and O–H groups in total. The lowest BCUT2D eigenvalue weighted by Crippen LogP contribution is -2.59. The zero-order chi connectivity index (χ0) is 34.1. The molecular formula is C37H48N4O6. The van der Waals surface area contributed by atoms with Crippen molar-refractivity contribution in [2.75, 3.05) is 6.54 Å². The molecular weight excluding hydrogens is 596 g/mol. The van der Waals surface area contributed by atoms with E-state index < -0.39 is 47.4 Å². The number of likely N-dealkylation sites (tertiary alicyclic amines) is 1. The molecule has 47 heavy (non-hydrogen) atoms. The fourth-order valence-electron chi connectivity index (χ4n) is 7.47. The monoisotopic (exact) mass is 644 g/mol. The molecule has 252 valence electrons. The third kappa shape index (κ3) is 7.52. The van der Waals surface area contributed by atoms with Crippen LogP contribution in [-0.4, -0.2) is 64.8 Å². The van der Waals surface area contributed by atoms with Gasteiger partial charge in [0.15, 0.2) is 0 Å². The van der Waals surface area contributed by atoms with Gasteiger partial charge in [0.25, 0.3) is 5.91 Å². The molecule has 10 nitrogen and oxygen atoms in total. The van der Waals surface area contributed by atoms with Crippen LogP contribution in [0.15, 0.2) is 54.6 Å². The van der Waals surface area contributed by atoms with Crippen molar-refractivity contribution in [3.8, 4) is 0 Å². The molecule has 0 aromatic heterocycles. The largest absolute Gasteiger partial charge is 0.444 e. The molecule has 1 saturated heterocycles. The summed E-state index contributed by atoms with van der Waals surface area (Å²) in [6.07, 6.45) is 1.38. The molecule has 1 aliphatic heterocycles. The highest BCUT2D eigenvalue weighted by Crippen LogP contribution is 2.65. The van der Waals surface area contributed by atoms with E-state index in [4.69, 9.17) is 4.74 Å². The summed E-state index contributed by atoms with van der Waals surface area (Å²) in [6.45, 7) is 11.9. The number of rotatable bonds is 11. The molecule has 5 rings (SSSR count). The molecule has 1 unspecified atom stereocenters. The van der Waals surface area contributed by atoms with Gasteiger partial charge in [0, 0.05) is 13.1 Å². The number of nitrogens with zero attached hydrogens (tertiary/aromatic N) is 1. The maximum Gasteiger partial charge on any atom is 0.408 e. The van der Waals surface area contributed by atoms with Gasteiger partial charge in [-0.05, 0) is 79.9 Å². The van der Waals surface area contributed by atoms with Gasteiger partial charge in [-0.2, -0.15) is 0 Å². The highest BCUT2D eigenvalue weighted by molar-refractivity contribution is 6.38. The van der Waals surface area contributed by atoms with Crippen molar-refractivity contribution in [1.82, 2.24) is 20.9 Å². The van der Waals surface area contributed by atoms with E-state index in [-0.39, 0.29) is 42.0 Å². The van der Waals surface area contributed by atoms with Gasteiger partial charge in [-0.3, -0.25) is 19.2 Å². The van der Waals surface area contributed by atoms with Gasteiger partial charge in [-0.25, -0.2) is 4.79 Å². The van der Waals surface area contributed by atoms with Crippen LogP contribution in [-0.2, 0) is 43.3 Å². The summed E-state index contributed by atoms with van der Waals surface area (Å²) in [5.41, 5.74) is 2.19. The SMILES string of the molecule is CCCC(NC(=O)[C@@H]1[C@@H]2[C@H](CN1C(=O)[C@@H](NC(=O)OC(C)(C)C)C1Cc3ccccc3C1)C2(C)C)C(=O)C(=O)NCc1ccccc1. The normalized spacial score (nSPS) is 22.3. The minimum absolute atomic E-state index is 0.0969. The molecule has 0 bridgehead atoms. The maximum absolute atomic E-state index is 14.5. The summed E-state index contributed by atoms with van der Waals surface area (Å²) in [6, 6.07) is 14.5. The van der Waals surface area contributed by atoms with Crippen molar-refractivity contribution in [3.05, 3.63) is 71.3 Å². The van der Waals surface area contributed by atoms with E-state index in [0.717, 1.165) is 16.7 Å². The first-order valence-electron chi connectivity index (χ1n) is 16.7. The number of carbonyl (C=O) groups is 5. The fraction of sp³-hybridized carbons (Fsp3) is 0.541. The predicted octanol–water partition coefficient (Wildman–Crippen LogP) is 3.95. The number of ether oxygens (including phenoxy) is 1. The highest BCUT2D eigenvalue weighted by atomic mass is 16.6. The van der Waals surface area contributed by atoms with Gasteiger partial charge in [0.1, 0.15) is 17.7 Å². The van der Waals surface area contributed by atoms with Crippen molar-refractivity contribution in [2.24, 2.45) is 23.2 Å². The van der Waals surface area contributed by atoms with Crippen LogP contribution >= 0.6 is 0 Å². The average Bonchev–Trinajstić information content (AvgIpc) is 3.38. The smallest absolute Gasteiger partial charge is 0.408 e. The molecule has 0 spiro atoms. The van der Waals surface area contributed by atoms with Gasteiger partial charge >= 0.3 is 6.09 Å². The number of Topliss-reactive ketones (excluding diaryl/α,β-unsaturated/α-hetero) is 1. The van der Waals surface area contributed by atoms with Gasteiger partial charge in [0.2, 0.25) is 17.6 Å². The number of benzene rings is 2. The van der Waals surface area contributed by atoms with Crippen LogP contribution in [0.4, 0.5) is 4.79 Å². The van der Waals surface area contributed by atoms with Gasteiger partial charge in [-0.15, -0.1) is 0 Å². The summed E-state index contributed by atoms with van der Waals surface area (Å²) < 4.78 is 5.56. The summed E-state index contributed by atoms with van der Waals surface area (Å²) in [7, 11) is 0. The lowest BCUT2D eigenvalue weighted by atomic mass is 9.93. The number of fused-ring (bicyclic) bond motifs is 2. The lowest BCUT2D eigenvalue weighted by molar-refractivity contribution is -0.144. The fourth-order valence-corrected chi connectivity index (χ4v) is 7.47. The number of hydrogen-bond acceptors (Lipinski definition) is 6. The molecule has 2 aromatic rings. The van der Waals surface area contributed by atoms with E-state index >= 15 is 0 Å². The molecule has 2 aromatic carbocycles. The van der Waals surface area contributed by atoms with Crippen LogP contribution in [0, 0.1) is 23.2 Å². The Bertz CT molecular complexity index is 1490. The van der Waals surface area contributed by atoms with Crippen molar-refractivity contribution in [3.63, 3.8) is 0 Å². The molecule has 1 heterocycles. The Labute approximate surface area is 277 Å². The Morgan fingerprint density at radius 1 is 0.936 bits per heavy atom. The molecule has 5 atom stereocenters. The van der Waals surface area contributed by atoms with E-state index in [0.29, 0.717) is 25.8 Å². The van der Waals surface area contributed by atoms with Crippen molar-refractivity contribution < 1.29 is 28.7 Å². The van der Waals surface area contributed by atoms with E-state index in [1.54, 1.807) is 25.7 Å². The maximum atomic E-state index is 14.5. The second-order valence-corrected chi connectivity index (χ2v) is 14.8. The van der Waals surface area contributed by atoms with Crippen LogP contribution in [0.5, 0.6) is 0 Å². The number of ketones is 1. The second kappa shape index (κ2) is 13.5. The van der Waals surface area contributed by atoms with E-state index in [1.165, 1.54) is 0 Å². The van der Waals surface area contributed by atoms with Gasteiger partial charge < -0.3 is 25.6 Å². The molecule has 4 amide bonds. The summed E-state index contributed by atoms with van der Waals surface area (Å²) in [5.74, 6) is -2.51. The second-order valence-electron chi connectivity index (χ2n) is 14.8. The Hall–Kier alpha value is -4.21. The van der Waals surface area contributed by atoms with Crippen molar-refractivity contribution in [2.45, 2.75) is 97.5 Å². The van der Waals surface area contributed by atoms with Crippen molar-refractivity contribution >= 4 is 29.6 Å². The third-order valence-corrected chi connectivity index (χ3v) is 9.98. The molecule has 0 radical (unpaired) electrons. The quantitative estimate of drug-likeness (QED) is 0.318. The zero-order valence-corrected chi connectivity index (χ0v) is 28.3. The first kappa shape index (κ1) is 34.1. The number of alkyl carbamates (subject to hydrolysis) is 1. The standard InChI is InChI=1S/C37H48N4O6/c1-7-13-27(31(42)33(44)38-20-22-14-9-8-10-15-22)39-32(43)30-28-26(37(28,5)6)21-41(30)34(45)29(40-35(46)47-36(2,3)4)25-18-23-16-11-12-17-24(23)19-25/h8-12,14-17,25-30H,7,13,18-21H2,1-6H3,(H,38,44)(H,39,43)(H,40,46)/t26-,27?,28-,29-,30-/m0/s1. The summed E-state index contributed by atoms with van der Waals surface area (Å²) in [4.78, 5) is 69.4. The Kier molecular flexibility index (Phi) is 9.80. The average molecular weight is 645 g/mol. The van der Waals surface area contributed by atoms with Crippen LogP contribution in [0.3, 0.4) is 0 Å². The van der Waals surface area contributed by atoms with E-state index in [2.05, 4.69) is 29.8 Å². The lowest BCUT2D eigenvalue weighted by Gasteiger charge is -2.35. The van der Waals surface area contributed by atoms with Gasteiger partial charge in [-0.1, -0.05) is 81.8 Å². The number of hydrogen-bond donors (Lipinski definition) is 3. The minimum atomic E-state index is -1.03. The summed E-state index contributed by atoms with van der Waals surface area (Å²) >= 11 is 0. The molecule has 2 aliphatic carbocycles. The van der Waals surface area contributed by atoms with Crippen LogP contribution in [0.25, 0.3) is 0 Å². The first-order chi connectivity index (χ1) is 22.2. The van der Waals surface area contributed by atoms with Gasteiger partial charge in [0.05, 0.1) is 6.04 Å². The summed E-state index contributed by atoms with van der Waals surface area (Å²) in [5, 5.41) is 8.39. The molecule has 10 heteroatoms. The minimum Gasteiger partial charge on any atom is -0.444 e. The molecule has 1 saturated carbocycles. The van der Waals surface area contributed by atoms with Crippen molar-refractivity contribution in [1.29, 1.82) is 0 Å².